The number of piperidine rings is 1. The molecule has 1 spiro atoms. The van der Waals surface area contributed by atoms with Crippen LogP contribution in [0.25, 0.3) is 0 Å². The lowest BCUT2D eigenvalue weighted by Crippen LogP contribution is -2.47. The Labute approximate surface area is 168 Å². The van der Waals surface area contributed by atoms with Crippen LogP contribution in [0.1, 0.15) is 56.3 Å². The minimum absolute atomic E-state index is 0.0893. The Kier molecular flexibility index (Phi) is 6.51. The Balaban J connectivity index is 1.50. The number of hydrogen-bond acceptors (Lipinski definition) is 3. The van der Waals surface area contributed by atoms with E-state index in [0.717, 1.165) is 25.3 Å². The second kappa shape index (κ2) is 8.73. The van der Waals surface area contributed by atoms with Crippen LogP contribution in [-0.2, 0) is 9.53 Å². The number of amides is 2. The van der Waals surface area contributed by atoms with Gasteiger partial charge in [-0.15, -0.1) is 0 Å². The number of rotatable bonds is 5. The van der Waals surface area contributed by atoms with E-state index in [9.17, 15) is 22.8 Å². The summed E-state index contributed by atoms with van der Waals surface area (Å²) in [6.07, 6.45) is 3.23. The lowest BCUT2D eigenvalue weighted by Gasteiger charge is -2.39. The molecule has 2 fully saturated rings. The molecule has 2 aliphatic heterocycles. The molecule has 160 valence electrons. The van der Waals surface area contributed by atoms with Crippen molar-refractivity contribution < 1.29 is 27.5 Å². The summed E-state index contributed by atoms with van der Waals surface area (Å²) in [5, 5.41) is 2.45. The van der Waals surface area contributed by atoms with Gasteiger partial charge in [-0.1, -0.05) is 13.8 Å². The van der Waals surface area contributed by atoms with Crippen molar-refractivity contribution in [3.05, 3.63) is 35.1 Å². The second-order valence-corrected chi connectivity index (χ2v) is 8.37. The Morgan fingerprint density at radius 2 is 1.83 bits per heavy atom. The molecule has 1 aromatic carbocycles. The normalized spacial score (nSPS) is 21.0. The summed E-state index contributed by atoms with van der Waals surface area (Å²) in [7, 11) is 0. The van der Waals surface area contributed by atoms with E-state index in [4.69, 9.17) is 4.74 Å². The predicted octanol–water partition coefficient (Wildman–Crippen LogP) is 3.42. The molecular formula is C21H27F3N2O3. The van der Waals surface area contributed by atoms with E-state index in [1.54, 1.807) is 0 Å². The molecule has 0 aromatic heterocycles. The molecule has 2 amide bonds. The molecule has 3 rings (SSSR count). The van der Waals surface area contributed by atoms with Gasteiger partial charge in [0.1, 0.15) is 11.4 Å². The smallest absolute Gasteiger partial charge is 0.257 e. The second-order valence-electron chi connectivity index (χ2n) is 8.37. The number of nitrogens with one attached hydrogen (secondary N) is 1. The fraction of sp³-hybridized carbons (Fsp3) is 0.619. The summed E-state index contributed by atoms with van der Waals surface area (Å²) in [5.74, 6) is -4.39. The maximum atomic E-state index is 13.7. The average molecular weight is 412 g/mol. The molecule has 0 aliphatic carbocycles. The summed E-state index contributed by atoms with van der Waals surface area (Å²) in [5.41, 5.74) is -1.24. The summed E-state index contributed by atoms with van der Waals surface area (Å²) in [6.45, 7) is 5.41. The Bertz CT molecular complexity index is 777. The van der Waals surface area contributed by atoms with Gasteiger partial charge in [0.15, 0.2) is 11.6 Å². The third kappa shape index (κ3) is 4.91. The quantitative estimate of drug-likeness (QED) is 0.754. The van der Waals surface area contributed by atoms with Gasteiger partial charge < -0.3 is 15.0 Å². The molecule has 0 saturated carbocycles. The first-order chi connectivity index (χ1) is 13.7. The third-order valence-corrected chi connectivity index (χ3v) is 5.71. The number of likely N-dealkylation sites (tertiary alicyclic amines) is 1. The molecule has 1 atom stereocenters. The fourth-order valence-corrected chi connectivity index (χ4v) is 4.08. The SMILES string of the molecule is CC(C)CC(=O)N1CCC2(CCC(CNC(=O)c3c(F)ccc(F)c3F)O2)CC1. The maximum Gasteiger partial charge on any atom is 0.257 e. The minimum atomic E-state index is -1.50. The first kappa shape index (κ1) is 21.6. The summed E-state index contributed by atoms with van der Waals surface area (Å²) >= 11 is 0. The van der Waals surface area contributed by atoms with Crippen molar-refractivity contribution in [2.75, 3.05) is 19.6 Å². The Morgan fingerprint density at radius 1 is 1.17 bits per heavy atom. The van der Waals surface area contributed by atoms with Gasteiger partial charge in [-0.25, -0.2) is 13.2 Å². The number of nitrogens with zero attached hydrogens (tertiary/aromatic N) is 1. The van der Waals surface area contributed by atoms with E-state index >= 15 is 0 Å². The van der Waals surface area contributed by atoms with E-state index in [1.165, 1.54) is 0 Å². The average Bonchev–Trinajstić information content (AvgIpc) is 3.06. The van der Waals surface area contributed by atoms with E-state index < -0.39 is 28.9 Å². The van der Waals surface area contributed by atoms with Crippen LogP contribution in [-0.4, -0.2) is 48.1 Å². The van der Waals surface area contributed by atoms with E-state index in [0.29, 0.717) is 37.9 Å². The highest BCUT2D eigenvalue weighted by molar-refractivity contribution is 5.94. The van der Waals surface area contributed by atoms with Crippen LogP contribution in [0.2, 0.25) is 0 Å². The van der Waals surface area contributed by atoms with Crippen LogP contribution in [0.4, 0.5) is 13.2 Å². The van der Waals surface area contributed by atoms with Crippen LogP contribution in [0.5, 0.6) is 0 Å². The van der Waals surface area contributed by atoms with Crippen molar-refractivity contribution in [2.45, 2.75) is 57.7 Å². The van der Waals surface area contributed by atoms with Crippen LogP contribution in [0.3, 0.4) is 0 Å². The van der Waals surface area contributed by atoms with Crippen LogP contribution < -0.4 is 5.32 Å². The Hall–Kier alpha value is -2.09. The van der Waals surface area contributed by atoms with E-state index in [1.807, 2.05) is 18.7 Å². The molecule has 0 radical (unpaired) electrons. The zero-order chi connectivity index (χ0) is 21.2. The van der Waals surface area contributed by atoms with Gasteiger partial charge in [0.2, 0.25) is 5.91 Å². The van der Waals surface area contributed by atoms with Gasteiger partial charge >= 0.3 is 0 Å². The molecular weight excluding hydrogens is 385 g/mol. The molecule has 2 aliphatic rings. The van der Waals surface area contributed by atoms with Gasteiger partial charge in [-0.05, 0) is 43.7 Å². The van der Waals surface area contributed by atoms with Crippen LogP contribution in [0.15, 0.2) is 12.1 Å². The number of carbonyl (C=O) groups excluding carboxylic acids is 2. The molecule has 5 nitrogen and oxygen atoms in total. The predicted molar refractivity (Wildman–Crippen MR) is 101 cm³/mol. The van der Waals surface area contributed by atoms with E-state index in [-0.39, 0.29) is 24.2 Å². The monoisotopic (exact) mass is 412 g/mol. The fourth-order valence-electron chi connectivity index (χ4n) is 4.08. The zero-order valence-corrected chi connectivity index (χ0v) is 16.8. The van der Waals surface area contributed by atoms with Gasteiger partial charge in [-0.3, -0.25) is 9.59 Å². The number of hydrogen-bond donors (Lipinski definition) is 1. The highest BCUT2D eigenvalue weighted by Gasteiger charge is 2.43. The molecule has 1 N–H and O–H groups in total. The minimum Gasteiger partial charge on any atom is -0.370 e. The van der Waals surface area contributed by atoms with Gasteiger partial charge in [0.05, 0.1) is 11.7 Å². The zero-order valence-electron chi connectivity index (χ0n) is 16.8. The van der Waals surface area contributed by atoms with Crippen molar-refractivity contribution in [1.82, 2.24) is 10.2 Å². The molecule has 0 bridgehead atoms. The number of benzene rings is 1. The summed E-state index contributed by atoms with van der Waals surface area (Å²) in [6, 6.07) is 1.37. The van der Waals surface area contributed by atoms with Gasteiger partial charge in [0, 0.05) is 26.1 Å². The highest BCUT2D eigenvalue weighted by atomic mass is 19.2. The Morgan fingerprint density at radius 3 is 2.48 bits per heavy atom. The van der Waals surface area contributed by atoms with Crippen molar-refractivity contribution in [1.29, 1.82) is 0 Å². The lowest BCUT2D eigenvalue weighted by atomic mass is 9.88. The highest BCUT2D eigenvalue weighted by Crippen LogP contribution is 2.39. The first-order valence-corrected chi connectivity index (χ1v) is 10.1. The van der Waals surface area contributed by atoms with Crippen molar-refractivity contribution in [3.63, 3.8) is 0 Å². The standard InChI is InChI=1S/C21H27F3N2O3/c1-13(2)11-17(27)26-9-7-21(8-10-26)6-5-14(29-21)12-25-20(28)18-15(22)3-4-16(23)19(18)24/h3-4,13-14H,5-12H2,1-2H3,(H,25,28). The topological polar surface area (TPSA) is 58.6 Å². The summed E-state index contributed by atoms with van der Waals surface area (Å²) < 4.78 is 46.9. The molecule has 2 saturated heterocycles. The molecule has 8 heteroatoms. The van der Waals surface area contributed by atoms with Gasteiger partial charge in [-0.2, -0.15) is 0 Å². The van der Waals surface area contributed by atoms with E-state index in [2.05, 4.69) is 5.32 Å². The lowest BCUT2D eigenvalue weighted by molar-refractivity contribution is -0.138. The number of ether oxygens (including phenoxy) is 1. The molecule has 2 heterocycles. The first-order valence-electron chi connectivity index (χ1n) is 10.1. The number of halogens is 3. The molecule has 1 unspecified atom stereocenters. The maximum absolute atomic E-state index is 13.7. The molecule has 29 heavy (non-hydrogen) atoms. The van der Waals surface area contributed by atoms with Crippen molar-refractivity contribution >= 4 is 11.8 Å². The van der Waals surface area contributed by atoms with Crippen molar-refractivity contribution in [3.8, 4) is 0 Å². The van der Waals surface area contributed by atoms with Crippen molar-refractivity contribution in [2.24, 2.45) is 5.92 Å². The third-order valence-electron chi connectivity index (χ3n) is 5.71. The molecule has 1 aromatic rings. The van der Waals surface area contributed by atoms with Crippen LogP contribution in [0, 0.1) is 23.4 Å². The van der Waals surface area contributed by atoms with Crippen LogP contribution >= 0.6 is 0 Å². The van der Waals surface area contributed by atoms with Gasteiger partial charge in [0.25, 0.3) is 5.91 Å². The number of carbonyl (C=O) groups is 2. The summed E-state index contributed by atoms with van der Waals surface area (Å²) in [4.78, 5) is 26.2. The largest absolute Gasteiger partial charge is 0.370 e.